The molecule has 4 heteroatoms. The summed E-state index contributed by atoms with van der Waals surface area (Å²) in [6.07, 6.45) is 0. The standard InChI is InChI=1S/C15H14FNO2/c1-10-3-2-4-11(7-10)9-19-15(18)12-5-6-13(16)14(17)8-12/h2-8H,9,17H2,1H3. The molecule has 2 N–H and O–H groups in total. The van der Waals surface area contributed by atoms with Crippen LogP contribution in [0.5, 0.6) is 0 Å². The fourth-order valence-corrected chi connectivity index (χ4v) is 1.70. The van der Waals surface area contributed by atoms with Gasteiger partial charge in [0.15, 0.2) is 0 Å². The first-order chi connectivity index (χ1) is 9.06. The Morgan fingerprint density at radius 3 is 2.74 bits per heavy atom. The summed E-state index contributed by atoms with van der Waals surface area (Å²) in [6.45, 7) is 2.14. The van der Waals surface area contributed by atoms with E-state index in [2.05, 4.69) is 0 Å². The molecule has 0 atom stereocenters. The van der Waals surface area contributed by atoms with E-state index >= 15 is 0 Å². The zero-order chi connectivity index (χ0) is 13.8. The zero-order valence-electron chi connectivity index (χ0n) is 10.5. The molecule has 0 aliphatic carbocycles. The van der Waals surface area contributed by atoms with Crippen LogP contribution in [0.3, 0.4) is 0 Å². The van der Waals surface area contributed by atoms with Crippen LogP contribution in [0.4, 0.5) is 10.1 Å². The lowest BCUT2D eigenvalue weighted by molar-refractivity contribution is 0.0472. The Morgan fingerprint density at radius 1 is 1.26 bits per heavy atom. The largest absolute Gasteiger partial charge is 0.457 e. The van der Waals surface area contributed by atoms with Crippen molar-refractivity contribution in [1.29, 1.82) is 0 Å². The van der Waals surface area contributed by atoms with Gasteiger partial charge in [-0.1, -0.05) is 29.8 Å². The quantitative estimate of drug-likeness (QED) is 0.680. The number of carbonyl (C=O) groups excluding carboxylic acids is 1. The van der Waals surface area contributed by atoms with Gasteiger partial charge >= 0.3 is 5.97 Å². The summed E-state index contributed by atoms with van der Waals surface area (Å²) >= 11 is 0. The maximum Gasteiger partial charge on any atom is 0.338 e. The van der Waals surface area contributed by atoms with E-state index in [0.29, 0.717) is 0 Å². The summed E-state index contributed by atoms with van der Waals surface area (Å²) in [5.41, 5.74) is 7.58. The van der Waals surface area contributed by atoms with Crippen molar-refractivity contribution in [2.75, 3.05) is 5.73 Å². The van der Waals surface area contributed by atoms with E-state index in [9.17, 15) is 9.18 Å². The van der Waals surface area contributed by atoms with Crippen molar-refractivity contribution in [3.63, 3.8) is 0 Å². The van der Waals surface area contributed by atoms with E-state index in [0.717, 1.165) is 17.2 Å². The molecule has 0 radical (unpaired) electrons. The Kier molecular flexibility index (Phi) is 3.80. The highest BCUT2D eigenvalue weighted by Gasteiger charge is 2.09. The first-order valence-electron chi connectivity index (χ1n) is 5.84. The molecule has 0 fully saturated rings. The van der Waals surface area contributed by atoms with Crippen molar-refractivity contribution < 1.29 is 13.9 Å². The fraction of sp³-hybridized carbons (Fsp3) is 0.133. The lowest BCUT2D eigenvalue weighted by atomic mass is 10.1. The van der Waals surface area contributed by atoms with Gasteiger partial charge in [0.25, 0.3) is 0 Å². The Morgan fingerprint density at radius 2 is 2.05 bits per heavy atom. The predicted octanol–water partition coefficient (Wildman–Crippen LogP) is 3.07. The molecule has 0 aliphatic heterocycles. The third kappa shape index (κ3) is 3.31. The number of benzene rings is 2. The first kappa shape index (κ1) is 13.1. The van der Waals surface area contributed by atoms with Gasteiger partial charge in [0.05, 0.1) is 11.3 Å². The van der Waals surface area contributed by atoms with Gasteiger partial charge in [-0.15, -0.1) is 0 Å². The van der Waals surface area contributed by atoms with Crippen LogP contribution < -0.4 is 5.73 Å². The highest BCUT2D eigenvalue weighted by Crippen LogP contribution is 2.14. The lowest BCUT2D eigenvalue weighted by Crippen LogP contribution is -2.06. The fourth-order valence-electron chi connectivity index (χ4n) is 1.70. The molecule has 0 aromatic heterocycles. The number of anilines is 1. The van der Waals surface area contributed by atoms with E-state index in [-0.39, 0.29) is 17.9 Å². The molecule has 2 aromatic rings. The molecule has 0 bridgehead atoms. The summed E-state index contributed by atoms with van der Waals surface area (Å²) in [6, 6.07) is 11.4. The molecule has 0 saturated heterocycles. The van der Waals surface area contributed by atoms with Crippen LogP contribution in [-0.2, 0) is 11.3 Å². The number of nitrogens with two attached hydrogens (primary N) is 1. The summed E-state index contributed by atoms with van der Waals surface area (Å²) in [5.74, 6) is -1.07. The van der Waals surface area contributed by atoms with Gasteiger partial charge in [-0.2, -0.15) is 0 Å². The molecule has 0 heterocycles. The highest BCUT2D eigenvalue weighted by molar-refractivity contribution is 5.90. The number of ether oxygens (including phenoxy) is 1. The Hall–Kier alpha value is -2.36. The molecule has 0 unspecified atom stereocenters. The maximum atomic E-state index is 13.0. The normalized spacial score (nSPS) is 10.2. The summed E-state index contributed by atoms with van der Waals surface area (Å²) in [7, 11) is 0. The van der Waals surface area contributed by atoms with Gasteiger partial charge < -0.3 is 10.5 Å². The molecule has 0 aliphatic rings. The van der Waals surface area contributed by atoms with Gasteiger partial charge in [0.2, 0.25) is 0 Å². The molecule has 19 heavy (non-hydrogen) atoms. The van der Waals surface area contributed by atoms with E-state index in [1.165, 1.54) is 12.1 Å². The van der Waals surface area contributed by atoms with Crippen molar-refractivity contribution in [2.45, 2.75) is 13.5 Å². The van der Waals surface area contributed by atoms with E-state index < -0.39 is 11.8 Å². The van der Waals surface area contributed by atoms with Crippen molar-refractivity contribution in [1.82, 2.24) is 0 Å². The van der Waals surface area contributed by atoms with Gasteiger partial charge in [-0.05, 0) is 30.7 Å². The molecule has 2 rings (SSSR count). The number of carbonyl (C=O) groups is 1. The topological polar surface area (TPSA) is 52.3 Å². The van der Waals surface area contributed by atoms with Gasteiger partial charge in [-0.25, -0.2) is 9.18 Å². The third-order valence-electron chi connectivity index (χ3n) is 2.68. The average Bonchev–Trinajstić information content (AvgIpc) is 2.39. The van der Waals surface area contributed by atoms with Crippen molar-refractivity contribution in [2.24, 2.45) is 0 Å². The monoisotopic (exact) mass is 259 g/mol. The second-order valence-electron chi connectivity index (χ2n) is 4.30. The molecule has 0 amide bonds. The molecule has 0 spiro atoms. The predicted molar refractivity (Wildman–Crippen MR) is 71.1 cm³/mol. The molecule has 3 nitrogen and oxygen atoms in total. The first-order valence-corrected chi connectivity index (χ1v) is 5.84. The Bertz CT molecular complexity index is 611. The summed E-state index contributed by atoms with van der Waals surface area (Å²) in [5, 5.41) is 0. The Balaban J connectivity index is 2.03. The zero-order valence-corrected chi connectivity index (χ0v) is 10.5. The summed E-state index contributed by atoms with van der Waals surface area (Å²) < 4.78 is 18.1. The number of rotatable bonds is 3. The van der Waals surface area contributed by atoms with E-state index in [1.807, 2.05) is 31.2 Å². The number of hydrogen-bond donors (Lipinski definition) is 1. The molecular weight excluding hydrogens is 245 g/mol. The minimum Gasteiger partial charge on any atom is -0.457 e. The number of esters is 1. The highest BCUT2D eigenvalue weighted by atomic mass is 19.1. The molecule has 0 saturated carbocycles. The smallest absolute Gasteiger partial charge is 0.338 e. The number of aryl methyl sites for hydroxylation is 1. The van der Waals surface area contributed by atoms with Crippen molar-refractivity contribution in [3.8, 4) is 0 Å². The molecule has 98 valence electrons. The summed E-state index contributed by atoms with van der Waals surface area (Å²) in [4.78, 5) is 11.8. The number of halogens is 1. The third-order valence-corrected chi connectivity index (χ3v) is 2.68. The Labute approximate surface area is 110 Å². The van der Waals surface area contributed by atoms with Gasteiger partial charge in [0, 0.05) is 0 Å². The minimum absolute atomic E-state index is 0.0648. The van der Waals surface area contributed by atoms with Gasteiger partial charge in [-0.3, -0.25) is 0 Å². The maximum absolute atomic E-state index is 13.0. The van der Waals surface area contributed by atoms with E-state index in [4.69, 9.17) is 10.5 Å². The minimum atomic E-state index is -0.546. The molecular formula is C15H14FNO2. The van der Waals surface area contributed by atoms with Crippen LogP contribution in [0.2, 0.25) is 0 Å². The number of hydrogen-bond acceptors (Lipinski definition) is 3. The number of nitrogen functional groups attached to an aromatic ring is 1. The van der Waals surface area contributed by atoms with E-state index in [1.54, 1.807) is 0 Å². The van der Waals surface area contributed by atoms with Crippen LogP contribution in [0.15, 0.2) is 42.5 Å². The molecule has 2 aromatic carbocycles. The SMILES string of the molecule is Cc1cccc(COC(=O)c2ccc(F)c(N)c2)c1. The van der Waals surface area contributed by atoms with Crippen LogP contribution in [-0.4, -0.2) is 5.97 Å². The van der Waals surface area contributed by atoms with Crippen LogP contribution in [0.1, 0.15) is 21.5 Å². The van der Waals surface area contributed by atoms with Crippen LogP contribution in [0, 0.1) is 12.7 Å². The second kappa shape index (κ2) is 5.52. The average molecular weight is 259 g/mol. The van der Waals surface area contributed by atoms with Crippen molar-refractivity contribution in [3.05, 3.63) is 65.0 Å². The van der Waals surface area contributed by atoms with Gasteiger partial charge in [0.1, 0.15) is 12.4 Å². The van der Waals surface area contributed by atoms with Crippen LogP contribution in [0.25, 0.3) is 0 Å². The second-order valence-corrected chi connectivity index (χ2v) is 4.30. The van der Waals surface area contributed by atoms with Crippen molar-refractivity contribution >= 4 is 11.7 Å². The lowest BCUT2D eigenvalue weighted by Gasteiger charge is -2.06. The van der Waals surface area contributed by atoms with Crippen LogP contribution >= 0.6 is 0 Å².